The zero-order valence-corrected chi connectivity index (χ0v) is 16.0. The van der Waals surface area contributed by atoms with E-state index in [2.05, 4.69) is 30.1 Å². The molecule has 3 aliphatic heterocycles. The third-order valence-electron chi connectivity index (χ3n) is 6.17. The Labute approximate surface area is 150 Å². The predicted molar refractivity (Wildman–Crippen MR) is 101 cm³/mol. The lowest BCUT2D eigenvalue weighted by atomic mass is 9.87. The van der Waals surface area contributed by atoms with Crippen LogP contribution in [0.5, 0.6) is 0 Å². The molecule has 5 heteroatoms. The number of likely N-dealkylation sites (tertiary alicyclic amines) is 1. The van der Waals surface area contributed by atoms with Gasteiger partial charge in [-0.05, 0) is 74.7 Å². The van der Waals surface area contributed by atoms with Gasteiger partial charge < -0.3 is 4.90 Å². The molecule has 1 aromatic carbocycles. The average Bonchev–Trinajstić information content (AvgIpc) is 3.14. The Morgan fingerprint density at radius 2 is 2.00 bits per heavy atom. The van der Waals surface area contributed by atoms with Crippen LogP contribution in [-0.2, 0) is 9.84 Å². The molecule has 3 aliphatic rings. The summed E-state index contributed by atoms with van der Waals surface area (Å²) in [5.41, 5.74) is 2.90. The van der Waals surface area contributed by atoms with Gasteiger partial charge in [-0.1, -0.05) is 12.1 Å². The van der Waals surface area contributed by atoms with Gasteiger partial charge in [-0.25, -0.2) is 8.42 Å². The number of benzene rings is 1. The van der Waals surface area contributed by atoms with Crippen molar-refractivity contribution in [2.24, 2.45) is 0 Å². The Balaban J connectivity index is 1.51. The molecule has 24 heavy (non-hydrogen) atoms. The summed E-state index contributed by atoms with van der Waals surface area (Å²) in [7, 11) is -0.514. The highest BCUT2D eigenvalue weighted by molar-refractivity contribution is 7.99. The van der Waals surface area contributed by atoms with E-state index in [0.29, 0.717) is 23.3 Å². The normalized spacial score (nSPS) is 30.5. The van der Waals surface area contributed by atoms with Crippen molar-refractivity contribution in [3.8, 4) is 0 Å². The molecule has 2 fully saturated rings. The maximum Gasteiger partial charge on any atom is 0.150 e. The van der Waals surface area contributed by atoms with Crippen molar-refractivity contribution in [2.45, 2.75) is 54.9 Å². The van der Waals surface area contributed by atoms with Gasteiger partial charge >= 0.3 is 0 Å². The molecule has 0 amide bonds. The molecule has 0 radical (unpaired) electrons. The number of thioether (sulfide) groups is 1. The summed E-state index contributed by atoms with van der Waals surface area (Å²) in [5.74, 6) is 3.03. The Bertz CT molecular complexity index is 702. The summed E-state index contributed by atoms with van der Waals surface area (Å²) in [6.45, 7) is 1.24. The first-order valence-electron chi connectivity index (χ1n) is 9.19. The van der Waals surface area contributed by atoms with Crippen molar-refractivity contribution < 1.29 is 8.42 Å². The minimum absolute atomic E-state index is 0.361. The number of rotatable bonds is 3. The molecule has 3 heterocycles. The molecule has 0 aliphatic carbocycles. The zero-order chi connectivity index (χ0) is 16.7. The van der Waals surface area contributed by atoms with Crippen LogP contribution >= 0.6 is 11.8 Å². The summed E-state index contributed by atoms with van der Waals surface area (Å²) in [6, 6.07) is 7.69. The molecular weight excluding hydrogens is 338 g/mol. The fraction of sp³-hybridized carbons (Fsp3) is 0.684. The van der Waals surface area contributed by atoms with E-state index in [-0.39, 0.29) is 0 Å². The highest BCUT2D eigenvalue weighted by Crippen LogP contribution is 2.45. The number of fused-ring (bicyclic) bond motifs is 1. The number of nitrogens with zero attached hydrogens (tertiary/aromatic N) is 1. The molecule has 0 spiro atoms. The van der Waals surface area contributed by atoms with Gasteiger partial charge in [0.2, 0.25) is 0 Å². The van der Waals surface area contributed by atoms with Crippen LogP contribution in [-0.4, -0.2) is 50.2 Å². The molecule has 0 N–H and O–H groups in total. The second kappa shape index (κ2) is 6.65. The van der Waals surface area contributed by atoms with E-state index in [1.165, 1.54) is 47.6 Å². The molecular formula is C19H27NO2S2. The number of sulfone groups is 1. The minimum Gasteiger partial charge on any atom is -0.303 e. The van der Waals surface area contributed by atoms with E-state index in [4.69, 9.17) is 0 Å². The van der Waals surface area contributed by atoms with Crippen LogP contribution in [0.15, 0.2) is 23.1 Å². The van der Waals surface area contributed by atoms with Crippen LogP contribution < -0.4 is 0 Å². The Hall–Kier alpha value is -0.520. The first kappa shape index (κ1) is 16.9. The van der Waals surface area contributed by atoms with Gasteiger partial charge in [0.1, 0.15) is 9.84 Å². The number of hydrogen-bond acceptors (Lipinski definition) is 4. The largest absolute Gasteiger partial charge is 0.303 e. The first-order chi connectivity index (χ1) is 11.5. The Morgan fingerprint density at radius 1 is 1.21 bits per heavy atom. The summed E-state index contributed by atoms with van der Waals surface area (Å²) in [4.78, 5) is 3.98. The maximum absolute atomic E-state index is 11.7. The Kier molecular flexibility index (Phi) is 4.69. The second-order valence-electron chi connectivity index (χ2n) is 7.74. The monoisotopic (exact) mass is 365 g/mol. The van der Waals surface area contributed by atoms with E-state index in [1.54, 1.807) is 0 Å². The topological polar surface area (TPSA) is 37.4 Å². The van der Waals surface area contributed by atoms with Crippen LogP contribution in [0.2, 0.25) is 0 Å². The molecule has 0 bridgehead atoms. The summed E-state index contributed by atoms with van der Waals surface area (Å²) >= 11 is 2.00. The lowest BCUT2D eigenvalue weighted by Gasteiger charge is -2.25. The molecule has 0 aromatic heterocycles. The summed E-state index contributed by atoms with van der Waals surface area (Å²) < 4.78 is 23.4. The van der Waals surface area contributed by atoms with Gasteiger partial charge in [0.05, 0.1) is 11.5 Å². The fourth-order valence-electron chi connectivity index (χ4n) is 4.58. The SMILES string of the molecule is CN1CCC[C@@H]1CC1CSc2ccc(C3CCS(=O)(=O)CC3)cc21. The maximum atomic E-state index is 11.7. The van der Waals surface area contributed by atoms with E-state index >= 15 is 0 Å². The second-order valence-corrected chi connectivity index (χ2v) is 11.1. The van der Waals surface area contributed by atoms with E-state index < -0.39 is 9.84 Å². The first-order valence-corrected chi connectivity index (χ1v) is 12.0. The highest BCUT2D eigenvalue weighted by atomic mass is 32.2. The molecule has 4 rings (SSSR count). The standard InChI is InChI=1S/C19H27NO2S2/c1-20-8-2-3-17(20)11-16-13-23-19-5-4-15(12-18(16)19)14-6-9-24(21,22)10-7-14/h4-5,12,14,16-17H,2-3,6-11,13H2,1H3/t16?,17-/m1/s1. The van der Waals surface area contributed by atoms with Gasteiger partial charge in [0, 0.05) is 16.7 Å². The van der Waals surface area contributed by atoms with Crippen molar-refractivity contribution in [1.29, 1.82) is 0 Å². The predicted octanol–water partition coefficient (Wildman–Crippen LogP) is 3.65. The van der Waals surface area contributed by atoms with Crippen molar-refractivity contribution in [1.82, 2.24) is 4.90 Å². The van der Waals surface area contributed by atoms with Crippen molar-refractivity contribution >= 4 is 21.6 Å². The molecule has 0 saturated carbocycles. The van der Waals surface area contributed by atoms with Gasteiger partial charge in [-0.3, -0.25) is 0 Å². The molecule has 3 nitrogen and oxygen atoms in total. The van der Waals surface area contributed by atoms with Gasteiger partial charge in [-0.2, -0.15) is 0 Å². The molecule has 2 atom stereocenters. The lowest BCUT2D eigenvalue weighted by Crippen LogP contribution is -2.26. The van der Waals surface area contributed by atoms with Crippen LogP contribution in [0.4, 0.5) is 0 Å². The van der Waals surface area contributed by atoms with Gasteiger partial charge in [0.15, 0.2) is 0 Å². The van der Waals surface area contributed by atoms with Crippen molar-refractivity contribution in [3.05, 3.63) is 29.3 Å². The van der Waals surface area contributed by atoms with Crippen LogP contribution in [0.1, 0.15) is 55.1 Å². The third kappa shape index (κ3) is 3.40. The summed E-state index contributed by atoms with van der Waals surface area (Å²) in [5, 5.41) is 0. The minimum atomic E-state index is -2.78. The molecule has 1 unspecified atom stereocenters. The summed E-state index contributed by atoms with van der Waals surface area (Å²) in [6.07, 6.45) is 5.55. The lowest BCUT2D eigenvalue weighted by molar-refractivity contribution is 0.286. The van der Waals surface area contributed by atoms with E-state index in [9.17, 15) is 8.42 Å². The van der Waals surface area contributed by atoms with E-state index in [1.807, 2.05) is 11.8 Å². The Morgan fingerprint density at radius 3 is 2.71 bits per heavy atom. The van der Waals surface area contributed by atoms with Crippen molar-refractivity contribution in [3.63, 3.8) is 0 Å². The molecule has 1 aromatic rings. The number of hydrogen-bond donors (Lipinski definition) is 0. The third-order valence-corrected chi connectivity index (χ3v) is 9.14. The van der Waals surface area contributed by atoms with E-state index in [0.717, 1.165) is 18.9 Å². The molecule has 2 saturated heterocycles. The smallest absolute Gasteiger partial charge is 0.150 e. The highest BCUT2D eigenvalue weighted by Gasteiger charge is 2.31. The van der Waals surface area contributed by atoms with Crippen LogP contribution in [0.25, 0.3) is 0 Å². The van der Waals surface area contributed by atoms with Gasteiger partial charge in [0.25, 0.3) is 0 Å². The van der Waals surface area contributed by atoms with Crippen molar-refractivity contribution in [2.75, 3.05) is 30.9 Å². The van der Waals surface area contributed by atoms with Gasteiger partial charge in [-0.15, -0.1) is 11.8 Å². The van der Waals surface area contributed by atoms with Crippen LogP contribution in [0.3, 0.4) is 0 Å². The quantitative estimate of drug-likeness (QED) is 0.819. The van der Waals surface area contributed by atoms with Crippen LogP contribution in [0, 0.1) is 0 Å². The average molecular weight is 366 g/mol. The zero-order valence-electron chi connectivity index (χ0n) is 14.4. The fourth-order valence-corrected chi connectivity index (χ4v) is 7.32. The molecule has 132 valence electrons.